The van der Waals surface area contributed by atoms with Gasteiger partial charge in [0.25, 0.3) is 0 Å². The van der Waals surface area contributed by atoms with Crippen LogP contribution >= 0.6 is 0 Å². The minimum absolute atomic E-state index is 0.152. The molecule has 5 N–H and O–H groups in total. The molecule has 0 saturated carbocycles. The number of anilines is 2. The van der Waals surface area contributed by atoms with Crippen LogP contribution in [-0.4, -0.2) is 30.0 Å². The lowest BCUT2D eigenvalue weighted by Crippen LogP contribution is -2.41. The molecule has 5 nitrogen and oxygen atoms in total. The third-order valence-corrected chi connectivity index (χ3v) is 4.55. The summed E-state index contributed by atoms with van der Waals surface area (Å²) in [6, 6.07) is 3.62. The second-order valence-corrected chi connectivity index (χ2v) is 6.80. The molecule has 1 fully saturated rings. The van der Waals surface area contributed by atoms with Crippen molar-refractivity contribution in [3.8, 4) is 0 Å². The maximum absolute atomic E-state index is 9.72. The zero-order valence-electron chi connectivity index (χ0n) is 13.9. The molecule has 0 aromatic heterocycles. The number of hydrogen-bond donors (Lipinski definition) is 3. The van der Waals surface area contributed by atoms with Crippen molar-refractivity contribution in [2.45, 2.75) is 45.8 Å². The monoisotopic (exact) mass is 304 g/mol. The molecule has 6 heteroatoms. The molecule has 0 amide bonds. The molecule has 2 rings (SSSR count). The first-order chi connectivity index (χ1) is 10.1. The van der Waals surface area contributed by atoms with Crippen LogP contribution in [-0.2, 0) is 9.31 Å². The number of aliphatic hydroxyl groups is 1. The van der Waals surface area contributed by atoms with E-state index in [1.54, 1.807) is 6.07 Å². The standard InChI is InChI=1S/C16H25BN2O3/c1-10-6-13(18)14(19)8-11(10)7-12(9-20)17-21-15(2,3)16(4,5)22-17/h6-8,20H,9,18-19H2,1-5H3. The highest BCUT2D eigenvalue weighted by molar-refractivity contribution is 6.55. The van der Waals surface area contributed by atoms with Crippen molar-refractivity contribution in [1.29, 1.82) is 0 Å². The molecule has 0 aliphatic carbocycles. The van der Waals surface area contributed by atoms with Crippen LogP contribution in [0.2, 0.25) is 0 Å². The smallest absolute Gasteiger partial charge is 0.400 e. The minimum atomic E-state index is -0.576. The Morgan fingerprint density at radius 2 is 1.64 bits per heavy atom. The second kappa shape index (κ2) is 5.61. The number of benzene rings is 1. The van der Waals surface area contributed by atoms with Gasteiger partial charge in [0.2, 0.25) is 0 Å². The Hall–Kier alpha value is -1.50. The Morgan fingerprint density at radius 3 is 2.14 bits per heavy atom. The molecule has 1 aromatic carbocycles. The molecule has 0 radical (unpaired) electrons. The van der Waals surface area contributed by atoms with Crippen LogP contribution < -0.4 is 11.5 Å². The summed E-state index contributed by atoms with van der Waals surface area (Å²) in [5.41, 5.74) is 14.4. The van der Waals surface area contributed by atoms with Crippen molar-refractivity contribution in [3.63, 3.8) is 0 Å². The van der Waals surface area contributed by atoms with Gasteiger partial charge in [-0.25, -0.2) is 0 Å². The summed E-state index contributed by atoms with van der Waals surface area (Å²) >= 11 is 0. The molecule has 0 unspecified atom stereocenters. The maximum atomic E-state index is 9.72. The number of hydrogen-bond acceptors (Lipinski definition) is 5. The van der Waals surface area contributed by atoms with Crippen LogP contribution in [0.1, 0.15) is 38.8 Å². The van der Waals surface area contributed by atoms with Crippen molar-refractivity contribution in [2.75, 3.05) is 18.1 Å². The van der Waals surface area contributed by atoms with Gasteiger partial charge in [-0.05, 0) is 63.4 Å². The lowest BCUT2D eigenvalue weighted by atomic mass is 9.77. The predicted octanol–water partition coefficient (Wildman–Crippen LogP) is 2.17. The van der Waals surface area contributed by atoms with E-state index in [1.807, 2.05) is 46.8 Å². The summed E-state index contributed by atoms with van der Waals surface area (Å²) in [7, 11) is -0.576. The van der Waals surface area contributed by atoms with E-state index in [0.29, 0.717) is 16.8 Å². The summed E-state index contributed by atoms with van der Waals surface area (Å²) in [5.74, 6) is 0. The third kappa shape index (κ3) is 3.00. The summed E-state index contributed by atoms with van der Waals surface area (Å²) in [4.78, 5) is 0. The first-order valence-electron chi connectivity index (χ1n) is 7.40. The second-order valence-electron chi connectivity index (χ2n) is 6.80. The Balaban J connectivity index is 2.36. The van der Waals surface area contributed by atoms with Gasteiger partial charge in [-0.1, -0.05) is 6.08 Å². The molecule has 1 aliphatic rings. The van der Waals surface area contributed by atoms with Gasteiger partial charge in [-0.3, -0.25) is 0 Å². The fourth-order valence-corrected chi connectivity index (χ4v) is 2.30. The average molecular weight is 304 g/mol. The molecule has 1 aliphatic heterocycles. The zero-order chi connectivity index (χ0) is 16.7. The highest BCUT2D eigenvalue weighted by Crippen LogP contribution is 2.39. The average Bonchev–Trinajstić information content (AvgIpc) is 2.61. The Bertz CT molecular complexity index is 596. The van der Waals surface area contributed by atoms with Gasteiger partial charge < -0.3 is 25.9 Å². The van der Waals surface area contributed by atoms with Crippen molar-refractivity contribution >= 4 is 24.6 Å². The van der Waals surface area contributed by atoms with Crippen LogP contribution in [0, 0.1) is 6.92 Å². The first-order valence-corrected chi connectivity index (χ1v) is 7.40. The van der Waals surface area contributed by atoms with E-state index in [4.69, 9.17) is 20.8 Å². The van der Waals surface area contributed by atoms with Gasteiger partial charge in [0.05, 0.1) is 29.2 Å². The summed E-state index contributed by atoms with van der Waals surface area (Å²) in [6.45, 7) is 9.72. The normalized spacial score (nSPS) is 20.5. The van der Waals surface area contributed by atoms with Gasteiger partial charge in [0.1, 0.15) is 0 Å². The van der Waals surface area contributed by atoms with Crippen molar-refractivity contribution in [1.82, 2.24) is 0 Å². The highest BCUT2D eigenvalue weighted by atomic mass is 16.7. The fourth-order valence-electron chi connectivity index (χ4n) is 2.30. The van der Waals surface area contributed by atoms with Gasteiger partial charge in [-0.2, -0.15) is 0 Å². The fraction of sp³-hybridized carbons (Fsp3) is 0.500. The predicted molar refractivity (Wildman–Crippen MR) is 91.1 cm³/mol. The molecular weight excluding hydrogens is 279 g/mol. The number of aliphatic hydroxyl groups excluding tert-OH is 1. The molecule has 1 aromatic rings. The van der Waals surface area contributed by atoms with Crippen LogP contribution in [0.5, 0.6) is 0 Å². The lowest BCUT2D eigenvalue weighted by Gasteiger charge is -2.32. The van der Waals surface area contributed by atoms with E-state index in [9.17, 15) is 5.11 Å². The van der Waals surface area contributed by atoms with E-state index in [2.05, 4.69) is 0 Å². The Kier molecular flexibility index (Phi) is 4.30. The van der Waals surface area contributed by atoms with E-state index >= 15 is 0 Å². The molecule has 0 bridgehead atoms. The third-order valence-electron chi connectivity index (χ3n) is 4.55. The Morgan fingerprint density at radius 1 is 1.14 bits per heavy atom. The van der Waals surface area contributed by atoms with E-state index in [0.717, 1.165) is 11.1 Å². The molecule has 22 heavy (non-hydrogen) atoms. The van der Waals surface area contributed by atoms with E-state index < -0.39 is 18.3 Å². The van der Waals surface area contributed by atoms with Crippen LogP contribution in [0.15, 0.2) is 17.6 Å². The first kappa shape index (κ1) is 16.9. The largest absolute Gasteiger partial charge is 0.492 e. The molecule has 120 valence electrons. The maximum Gasteiger partial charge on any atom is 0.492 e. The van der Waals surface area contributed by atoms with Gasteiger partial charge >= 0.3 is 7.12 Å². The van der Waals surface area contributed by atoms with Gasteiger partial charge in [0, 0.05) is 0 Å². The highest BCUT2D eigenvalue weighted by Gasteiger charge is 2.52. The van der Waals surface area contributed by atoms with Crippen molar-refractivity contribution in [3.05, 3.63) is 28.7 Å². The molecule has 0 spiro atoms. The number of rotatable bonds is 3. The van der Waals surface area contributed by atoms with Crippen molar-refractivity contribution in [2.24, 2.45) is 0 Å². The van der Waals surface area contributed by atoms with Crippen LogP contribution in [0.4, 0.5) is 11.4 Å². The molecule has 1 saturated heterocycles. The summed E-state index contributed by atoms with van der Waals surface area (Å²) < 4.78 is 12.0. The Labute approximate surface area is 132 Å². The van der Waals surface area contributed by atoms with Crippen molar-refractivity contribution < 1.29 is 14.4 Å². The van der Waals surface area contributed by atoms with E-state index in [-0.39, 0.29) is 6.61 Å². The SMILES string of the molecule is Cc1cc(N)c(N)cc1C=C(CO)B1OC(C)(C)C(C)(C)O1. The topological polar surface area (TPSA) is 90.7 Å². The lowest BCUT2D eigenvalue weighted by molar-refractivity contribution is 0.00578. The molecule has 0 atom stereocenters. The molecular formula is C16H25BN2O3. The molecule has 1 heterocycles. The van der Waals surface area contributed by atoms with Crippen LogP contribution in [0.25, 0.3) is 6.08 Å². The zero-order valence-corrected chi connectivity index (χ0v) is 13.9. The summed E-state index contributed by atoms with van der Waals surface area (Å²) in [6.07, 6.45) is 1.85. The van der Waals surface area contributed by atoms with E-state index in [1.165, 1.54) is 0 Å². The number of nitrogens with two attached hydrogens (primary N) is 2. The quantitative estimate of drug-likeness (QED) is 0.588. The van der Waals surface area contributed by atoms with Crippen LogP contribution in [0.3, 0.4) is 0 Å². The number of aryl methyl sites for hydroxylation is 1. The minimum Gasteiger partial charge on any atom is -0.400 e. The van der Waals surface area contributed by atoms with Gasteiger partial charge in [0.15, 0.2) is 0 Å². The van der Waals surface area contributed by atoms with Gasteiger partial charge in [-0.15, -0.1) is 0 Å². The number of nitrogen functional groups attached to an aromatic ring is 2. The summed E-state index contributed by atoms with van der Waals surface area (Å²) in [5, 5.41) is 9.72.